The van der Waals surface area contributed by atoms with Crippen LogP contribution in [0.4, 0.5) is 0 Å². The lowest BCUT2D eigenvalue weighted by atomic mass is 9.89. The van der Waals surface area contributed by atoms with E-state index in [0.29, 0.717) is 6.42 Å². The molecule has 1 aromatic heterocycles. The summed E-state index contributed by atoms with van der Waals surface area (Å²) in [5.74, 6) is 0.174. The Bertz CT molecular complexity index is 1120. The van der Waals surface area contributed by atoms with Crippen molar-refractivity contribution >= 4 is 33.2 Å². The Balaban J connectivity index is 1.34. The van der Waals surface area contributed by atoms with Gasteiger partial charge >= 0.3 is 5.97 Å². The number of aryl methyl sites for hydroxylation is 2. The standard InChI is InChI=1S/C38H57BrO8S/c1-27-32(39)25-29(48-27)20-18-28(45-36-15-7-10-22-42-36)19-21-31-30(13-5-3-4-6-14-35(40)41-2)33(46-37-16-8-11-23-43-37)26-34(31)47-38-17-9-12-24-44-38/h3,5,19,21,25,28,30-31,33-34,36-38H,4,6-18,20,22-24,26H2,1-2H3/b5-3-,21-19+/t28?,30-,31-,33+,34-,36+,37?,38?/m1/s1. The highest BCUT2D eigenvalue weighted by Crippen LogP contribution is 2.42. The number of ether oxygens (including phenoxy) is 7. The smallest absolute Gasteiger partial charge is 0.305 e. The van der Waals surface area contributed by atoms with Crippen LogP contribution in [-0.2, 0) is 44.4 Å². The Morgan fingerprint density at radius 1 is 0.958 bits per heavy atom. The third-order valence-corrected chi connectivity index (χ3v) is 12.1. The van der Waals surface area contributed by atoms with Crippen LogP contribution in [0, 0.1) is 18.8 Å². The van der Waals surface area contributed by atoms with Crippen molar-refractivity contribution in [1.82, 2.24) is 0 Å². The van der Waals surface area contributed by atoms with Gasteiger partial charge in [-0.05, 0) is 125 Å². The summed E-state index contributed by atoms with van der Waals surface area (Å²) < 4.78 is 44.4. The highest BCUT2D eigenvalue weighted by molar-refractivity contribution is 9.10. The van der Waals surface area contributed by atoms with Gasteiger partial charge in [0.05, 0.1) is 25.4 Å². The van der Waals surface area contributed by atoms with Crippen LogP contribution in [0.1, 0.15) is 106 Å². The van der Waals surface area contributed by atoms with E-state index in [4.69, 9.17) is 33.2 Å². The van der Waals surface area contributed by atoms with E-state index in [0.717, 1.165) is 116 Å². The normalized spacial score (nSPS) is 30.7. The molecule has 4 heterocycles. The van der Waals surface area contributed by atoms with Crippen LogP contribution in [0.15, 0.2) is 34.8 Å². The van der Waals surface area contributed by atoms with E-state index in [1.807, 2.05) is 11.3 Å². The zero-order valence-electron chi connectivity index (χ0n) is 29.0. The van der Waals surface area contributed by atoms with Gasteiger partial charge in [0.15, 0.2) is 18.9 Å². The second kappa shape index (κ2) is 20.7. The maximum Gasteiger partial charge on any atom is 0.305 e. The van der Waals surface area contributed by atoms with E-state index in [-0.39, 0.29) is 55.0 Å². The minimum absolute atomic E-state index is 0.00329. The first kappa shape index (κ1) is 38.1. The fourth-order valence-electron chi connectivity index (χ4n) is 7.23. The molecular weight excluding hydrogens is 696 g/mol. The Kier molecular flexibility index (Phi) is 16.4. The SMILES string of the molecule is COC(=O)CCC/C=C\C[C@@H]1[C@@H](/C=C/C(CCc2cc(Br)c(C)s2)O[C@H]2CCCCO2)[C@H](OC2CCCCO2)C[C@@H]1OC1CCCCO1. The van der Waals surface area contributed by atoms with E-state index < -0.39 is 0 Å². The van der Waals surface area contributed by atoms with Crippen LogP contribution >= 0.6 is 27.3 Å². The number of thiophene rings is 1. The third kappa shape index (κ3) is 12.3. The topological polar surface area (TPSA) is 81.7 Å². The molecule has 0 N–H and O–H groups in total. The molecule has 10 heteroatoms. The van der Waals surface area contributed by atoms with Gasteiger partial charge in [0, 0.05) is 52.8 Å². The monoisotopic (exact) mass is 752 g/mol. The largest absolute Gasteiger partial charge is 0.469 e. The second-order valence-electron chi connectivity index (χ2n) is 13.6. The number of methoxy groups -OCH3 is 1. The van der Waals surface area contributed by atoms with Gasteiger partial charge in [0.25, 0.3) is 0 Å². The molecule has 270 valence electrons. The molecule has 48 heavy (non-hydrogen) atoms. The summed E-state index contributed by atoms with van der Waals surface area (Å²) in [6.07, 6.45) is 23.5. The number of rotatable bonds is 17. The van der Waals surface area contributed by atoms with Crippen LogP contribution in [0.5, 0.6) is 0 Å². The molecule has 0 aromatic carbocycles. The summed E-state index contributed by atoms with van der Waals surface area (Å²) in [5.41, 5.74) is 0. The molecule has 0 amide bonds. The number of hydrogen-bond donors (Lipinski definition) is 0. The Morgan fingerprint density at radius 2 is 1.62 bits per heavy atom. The van der Waals surface area contributed by atoms with Crippen molar-refractivity contribution in [2.45, 2.75) is 147 Å². The molecule has 4 fully saturated rings. The Morgan fingerprint density at radius 3 is 2.23 bits per heavy atom. The second-order valence-corrected chi connectivity index (χ2v) is 15.8. The van der Waals surface area contributed by atoms with Gasteiger partial charge in [-0.15, -0.1) is 11.3 Å². The molecule has 1 aliphatic carbocycles. The molecule has 3 saturated heterocycles. The number of allylic oxidation sites excluding steroid dienone is 2. The van der Waals surface area contributed by atoms with E-state index in [1.165, 1.54) is 21.3 Å². The summed E-state index contributed by atoms with van der Waals surface area (Å²) in [5, 5.41) is 0. The first-order valence-corrected chi connectivity index (χ1v) is 20.1. The van der Waals surface area contributed by atoms with Crippen molar-refractivity contribution in [3.05, 3.63) is 44.6 Å². The van der Waals surface area contributed by atoms with Crippen molar-refractivity contribution in [1.29, 1.82) is 0 Å². The van der Waals surface area contributed by atoms with Crippen LogP contribution in [0.2, 0.25) is 0 Å². The number of carbonyl (C=O) groups is 1. The van der Waals surface area contributed by atoms with E-state index in [2.05, 4.69) is 53.2 Å². The molecule has 8 atom stereocenters. The number of hydrogen-bond acceptors (Lipinski definition) is 9. The van der Waals surface area contributed by atoms with Crippen LogP contribution < -0.4 is 0 Å². The van der Waals surface area contributed by atoms with Crippen LogP contribution in [0.3, 0.4) is 0 Å². The summed E-state index contributed by atoms with van der Waals surface area (Å²) in [4.78, 5) is 14.3. The molecule has 1 saturated carbocycles. The maximum atomic E-state index is 11.6. The molecule has 8 nitrogen and oxygen atoms in total. The summed E-state index contributed by atoms with van der Waals surface area (Å²) in [7, 11) is 1.44. The molecule has 0 bridgehead atoms. The zero-order valence-corrected chi connectivity index (χ0v) is 31.4. The third-order valence-electron chi connectivity index (χ3n) is 9.95. The van der Waals surface area contributed by atoms with Gasteiger partial charge in [0.2, 0.25) is 0 Å². The van der Waals surface area contributed by atoms with Crippen molar-refractivity contribution in [2.75, 3.05) is 26.9 Å². The minimum atomic E-state index is -0.179. The van der Waals surface area contributed by atoms with Gasteiger partial charge in [-0.25, -0.2) is 0 Å². The number of esters is 1. The van der Waals surface area contributed by atoms with E-state index in [9.17, 15) is 4.79 Å². The average Bonchev–Trinajstić information content (AvgIpc) is 3.61. The maximum absolute atomic E-state index is 11.6. The lowest BCUT2D eigenvalue weighted by Gasteiger charge is -2.30. The molecule has 3 aliphatic heterocycles. The average molecular weight is 754 g/mol. The fraction of sp³-hybridized carbons (Fsp3) is 0.763. The highest BCUT2D eigenvalue weighted by Gasteiger charge is 2.45. The van der Waals surface area contributed by atoms with Crippen molar-refractivity contribution in [3.63, 3.8) is 0 Å². The van der Waals surface area contributed by atoms with E-state index in [1.54, 1.807) is 0 Å². The summed E-state index contributed by atoms with van der Waals surface area (Å²) >= 11 is 5.54. The summed E-state index contributed by atoms with van der Waals surface area (Å²) in [6, 6.07) is 2.24. The molecule has 0 spiro atoms. The molecule has 0 radical (unpaired) electrons. The molecule has 3 unspecified atom stereocenters. The predicted octanol–water partition coefficient (Wildman–Crippen LogP) is 8.97. The zero-order chi connectivity index (χ0) is 33.6. The van der Waals surface area contributed by atoms with Crippen molar-refractivity contribution < 1.29 is 38.0 Å². The van der Waals surface area contributed by atoms with Gasteiger partial charge in [-0.1, -0.05) is 24.3 Å². The molecular formula is C38H57BrO8S. The number of unbranched alkanes of at least 4 members (excludes halogenated alkanes) is 1. The molecule has 4 aliphatic rings. The lowest BCUT2D eigenvalue weighted by Crippen LogP contribution is -2.31. The fourth-order valence-corrected chi connectivity index (χ4v) is 8.85. The molecule has 1 aromatic rings. The highest BCUT2D eigenvalue weighted by atomic mass is 79.9. The predicted molar refractivity (Wildman–Crippen MR) is 191 cm³/mol. The van der Waals surface area contributed by atoms with Gasteiger partial charge < -0.3 is 33.2 Å². The first-order valence-electron chi connectivity index (χ1n) is 18.4. The summed E-state index contributed by atoms with van der Waals surface area (Å²) in [6.45, 7) is 4.42. The lowest BCUT2D eigenvalue weighted by molar-refractivity contribution is -0.203. The molecule has 5 rings (SSSR count). The van der Waals surface area contributed by atoms with Crippen molar-refractivity contribution in [2.24, 2.45) is 11.8 Å². The number of carbonyl (C=O) groups excluding carboxylic acids is 1. The Labute approximate surface area is 300 Å². The van der Waals surface area contributed by atoms with Gasteiger partial charge in [0.1, 0.15) is 0 Å². The van der Waals surface area contributed by atoms with E-state index >= 15 is 0 Å². The van der Waals surface area contributed by atoms with Gasteiger partial charge in [-0.2, -0.15) is 0 Å². The number of halogens is 1. The van der Waals surface area contributed by atoms with Crippen LogP contribution in [-0.4, -0.2) is 70.1 Å². The minimum Gasteiger partial charge on any atom is -0.469 e. The Hall–Kier alpha value is -1.11. The quantitative estimate of drug-likeness (QED) is 0.0887. The van der Waals surface area contributed by atoms with Crippen molar-refractivity contribution in [3.8, 4) is 0 Å². The van der Waals surface area contributed by atoms with Gasteiger partial charge in [-0.3, -0.25) is 4.79 Å². The van der Waals surface area contributed by atoms with Crippen LogP contribution in [0.25, 0.3) is 0 Å². The first-order chi connectivity index (χ1) is 23.5.